The monoisotopic (exact) mass is 462 g/mol. The molecule has 0 radical (unpaired) electrons. The molecule has 6 heteroatoms. The van der Waals surface area contributed by atoms with Gasteiger partial charge in [0, 0.05) is 17.9 Å². The standard InChI is InChI=1S/C19H12Br2O4/c1-3-15-17(12-6-4-5-7-16(12)25-15)18(23)11-8-13(20)19(14(21)9-11)24-10(2)22/h3-9H,1H2,2H3. The topological polar surface area (TPSA) is 56.5 Å². The summed E-state index contributed by atoms with van der Waals surface area (Å²) >= 11 is 6.68. The van der Waals surface area contributed by atoms with E-state index in [9.17, 15) is 9.59 Å². The van der Waals surface area contributed by atoms with Crippen molar-refractivity contribution in [1.29, 1.82) is 0 Å². The third-order valence-electron chi connectivity index (χ3n) is 3.54. The van der Waals surface area contributed by atoms with Crippen LogP contribution in [-0.2, 0) is 4.79 Å². The molecule has 0 fully saturated rings. The quantitative estimate of drug-likeness (QED) is 0.280. The fraction of sp³-hybridized carbons (Fsp3) is 0.0526. The van der Waals surface area contributed by atoms with E-state index in [0.29, 0.717) is 37.2 Å². The molecule has 0 unspecified atom stereocenters. The molecule has 25 heavy (non-hydrogen) atoms. The zero-order chi connectivity index (χ0) is 18.1. The molecule has 0 atom stereocenters. The molecular formula is C19H12Br2O4. The van der Waals surface area contributed by atoms with Crippen LogP contribution < -0.4 is 4.74 Å². The Morgan fingerprint density at radius 2 is 1.80 bits per heavy atom. The van der Waals surface area contributed by atoms with E-state index in [0.717, 1.165) is 5.39 Å². The highest BCUT2D eigenvalue weighted by atomic mass is 79.9. The van der Waals surface area contributed by atoms with Crippen molar-refractivity contribution in [3.8, 4) is 5.75 Å². The first kappa shape index (κ1) is 17.6. The van der Waals surface area contributed by atoms with Crippen LogP contribution in [0.1, 0.15) is 28.6 Å². The van der Waals surface area contributed by atoms with Crippen LogP contribution in [0.5, 0.6) is 5.75 Å². The van der Waals surface area contributed by atoms with Gasteiger partial charge in [0.15, 0.2) is 11.5 Å². The fourth-order valence-electron chi connectivity index (χ4n) is 2.52. The lowest BCUT2D eigenvalue weighted by Crippen LogP contribution is -2.06. The summed E-state index contributed by atoms with van der Waals surface area (Å²) in [6, 6.07) is 10.5. The lowest BCUT2D eigenvalue weighted by Gasteiger charge is -2.09. The van der Waals surface area contributed by atoms with Gasteiger partial charge in [0.05, 0.1) is 14.5 Å². The first-order valence-electron chi connectivity index (χ1n) is 7.28. The number of para-hydroxylation sites is 1. The molecule has 0 amide bonds. The van der Waals surface area contributed by atoms with Crippen molar-refractivity contribution in [3.63, 3.8) is 0 Å². The maximum Gasteiger partial charge on any atom is 0.308 e. The normalized spacial score (nSPS) is 10.7. The molecule has 0 bridgehead atoms. The Hall–Kier alpha value is -2.18. The molecule has 2 aromatic carbocycles. The molecule has 0 saturated carbocycles. The van der Waals surface area contributed by atoms with E-state index < -0.39 is 5.97 Å². The minimum Gasteiger partial charge on any atom is -0.456 e. The first-order valence-corrected chi connectivity index (χ1v) is 8.87. The van der Waals surface area contributed by atoms with E-state index in [1.165, 1.54) is 13.0 Å². The molecule has 126 valence electrons. The zero-order valence-corrected chi connectivity index (χ0v) is 16.3. The third kappa shape index (κ3) is 3.32. The molecule has 0 spiro atoms. The summed E-state index contributed by atoms with van der Waals surface area (Å²) in [7, 11) is 0. The Balaban J connectivity index is 2.14. The largest absolute Gasteiger partial charge is 0.456 e. The second kappa shape index (κ2) is 6.98. The summed E-state index contributed by atoms with van der Waals surface area (Å²) in [4.78, 5) is 24.3. The number of rotatable bonds is 4. The molecule has 0 aliphatic carbocycles. The van der Waals surface area contributed by atoms with E-state index in [4.69, 9.17) is 9.15 Å². The summed E-state index contributed by atoms with van der Waals surface area (Å²) in [5.41, 5.74) is 1.49. The highest BCUT2D eigenvalue weighted by Gasteiger charge is 2.22. The van der Waals surface area contributed by atoms with Crippen molar-refractivity contribution in [2.24, 2.45) is 0 Å². The number of hydrogen-bond donors (Lipinski definition) is 0. The van der Waals surface area contributed by atoms with Gasteiger partial charge in [-0.1, -0.05) is 24.8 Å². The number of furan rings is 1. The van der Waals surface area contributed by atoms with Crippen LogP contribution in [0, 0.1) is 0 Å². The van der Waals surface area contributed by atoms with Crippen molar-refractivity contribution in [2.75, 3.05) is 0 Å². The Morgan fingerprint density at radius 3 is 2.40 bits per heavy atom. The van der Waals surface area contributed by atoms with E-state index in [1.54, 1.807) is 18.2 Å². The van der Waals surface area contributed by atoms with E-state index in [1.807, 2.05) is 18.2 Å². The lowest BCUT2D eigenvalue weighted by atomic mass is 10.00. The number of esters is 1. The van der Waals surface area contributed by atoms with Crippen LogP contribution in [0.4, 0.5) is 0 Å². The summed E-state index contributed by atoms with van der Waals surface area (Å²) in [5, 5.41) is 0.721. The van der Waals surface area contributed by atoms with Gasteiger partial charge in [-0.2, -0.15) is 0 Å². The highest BCUT2D eigenvalue weighted by Crippen LogP contribution is 2.37. The summed E-state index contributed by atoms with van der Waals surface area (Å²) in [5.74, 6) is 0.0819. The highest BCUT2D eigenvalue weighted by molar-refractivity contribution is 9.11. The van der Waals surface area contributed by atoms with Gasteiger partial charge in [0.1, 0.15) is 11.3 Å². The second-order valence-electron chi connectivity index (χ2n) is 5.23. The molecule has 1 aromatic heterocycles. The lowest BCUT2D eigenvalue weighted by molar-refractivity contribution is -0.131. The Bertz CT molecular complexity index is 994. The molecule has 0 N–H and O–H groups in total. The van der Waals surface area contributed by atoms with Gasteiger partial charge in [0.2, 0.25) is 0 Å². The number of carbonyl (C=O) groups is 2. The third-order valence-corrected chi connectivity index (χ3v) is 4.72. The summed E-state index contributed by atoms with van der Waals surface area (Å²) in [6.07, 6.45) is 1.52. The van der Waals surface area contributed by atoms with Crippen LogP contribution in [0.3, 0.4) is 0 Å². The summed E-state index contributed by atoms with van der Waals surface area (Å²) in [6.45, 7) is 5.03. The molecule has 0 aliphatic heterocycles. The molecule has 3 aromatic rings. The number of ketones is 1. The number of hydrogen-bond acceptors (Lipinski definition) is 4. The SMILES string of the molecule is C=Cc1oc2ccccc2c1C(=O)c1cc(Br)c(OC(C)=O)c(Br)c1. The van der Waals surface area contributed by atoms with Gasteiger partial charge in [-0.05, 0) is 56.1 Å². The van der Waals surface area contributed by atoms with Crippen LogP contribution in [0.2, 0.25) is 0 Å². The van der Waals surface area contributed by atoms with Crippen LogP contribution >= 0.6 is 31.9 Å². The average molecular weight is 464 g/mol. The minimum absolute atomic E-state index is 0.212. The molecule has 0 aliphatic rings. The fourth-order valence-corrected chi connectivity index (χ4v) is 3.87. The number of benzene rings is 2. The number of halogens is 2. The Labute approximate surface area is 160 Å². The predicted octanol–water partition coefficient (Wildman–Crippen LogP) is 5.76. The average Bonchev–Trinajstić information content (AvgIpc) is 2.95. The predicted molar refractivity (Wildman–Crippen MR) is 103 cm³/mol. The van der Waals surface area contributed by atoms with Crippen LogP contribution in [0.15, 0.2) is 56.3 Å². The molecule has 3 rings (SSSR count). The van der Waals surface area contributed by atoms with Crippen LogP contribution in [-0.4, -0.2) is 11.8 Å². The molecule has 0 saturated heterocycles. The van der Waals surface area contributed by atoms with Crippen molar-refractivity contribution in [1.82, 2.24) is 0 Å². The van der Waals surface area contributed by atoms with Gasteiger partial charge in [-0.25, -0.2) is 0 Å². The first-order chi connectivity index (χ1) is 11.9. The van der Waals surface area contributed by atoms with Gasteiger partial charge in [-0.15, -0.1) is 0 Å². The van der Waals surface area contributed by atoms with Gasteiger partial charge in [-0.3, -0.25) is 9.59 Å². The smallest absolute Gasteiger partial charge is 0.308 e. The van der Waals surface area contributed by atoms with Crippen LogP contribution in [0.25, 0.3) is 17.0 Å². The molecular weight excluding hydrogens is 452 g/mol. The summed E-state index contributed by atoms with van der Waals surface area (Å²) < 4.78 is 11.8. The van der Waals surface area contributed by atoms with E-state index >= 15 is 0 Å². The molecule has 4 nitrogen and oxygen atoms in total. The number of carbonyl (C=O) groups excluding carboxylic acids is 2. The minimum atomic E-state index is -0.449. The maximum atomic E-state index is 13.1. The number of ether oxygens (including phenoxy) is 1. The van der Waals surface area contributed by atoms with Crippen molar-refractivity contribution >= 4 is 60.7 Å². The maximum absolute atomic E-state index is 13.1. The van der Waals surface area contributed by atoms with Gasteiger partial charge < -0.3 is 9.15 Å². The zero-order valence-electron chi connectivity index (χ0n) is 13.1. The van der Waals surface area contributed by atoms with Crippen molar-refractivity contribution in [2.45, 2.75) is 6.92 Å². The van der Waals surface area contributed by atoms with E-state index in [-0.39, 0.29) is 5.78 Å². The number of fused-ring (bicyclic) bond motifs is 1. The second-order valence-corrected chi connectivity index (χ2v) is 6.94. The Morgan fingerprint density at radius 1 is 1.16 bits per heavy atom. The van der Waals surface area contributed by atoms with E-state index in [2.05, 4.69) is 38.4 Å². The van der Waals surface area contributed by atoms with Gasteiger partial charge >= 0.3 is 5.97 Å². The molecule has 1 heterocycles. The van der Waals surface area contributed by atoms with Crippen molar-refractivity contribution < 1.29 is 18.7 Å². The Kier molecular flexibility index (Phi) is 4.92. The van der Waals surface area contributed by atoms with Crippen molar-refractivity contribution in [3.05, 3.63) is 68.8 Å². The van der Waals surface area contributed by atoms with Gasteiger partial charge in [0.25, 0.3) is 0 Å².